The molecule has 1 amide bonds. The Balaban J connectivity index is 1.89. The van der Waals surface area contributed by atoms with Crippen molar-refractivity contribution in [2.24, 2.45) is 17.8 Å². The van der Waals surface area contributed by atoms with E-state index in [1.165, 1.54) is 16.8 Å². The molecule has 0 radical (unpaired) electrons. The third-order valence-electron chi connectivity index (χ3n) is 6.71. The summed E-state index contributed by atoms with van der Waals surface area (Å²) in [7, 11) is 0. The van der Waals surface area contributed by atoms with Crippen LogP contribution in [0.1, 0.15) is 62.5 Å². The van der Waals surface area contributed by atoms with E-state index in [1.54, 1.807) is 6.92 Å². The first-order valence-electron chi connectivity index (χ1n) is 12.1. The van der Waals surface area contributed by atoms with Crippen LogP contribution in [0.25, 0.3) is 11.3 Å². The summed E-state index contributed by atoms with van der Waals surface area (Å²) < 4.78 is 71.4. The lowest BCUT2D eigenvalue weighted by atomic mass is 9.83. The highest BCUT2D eigenvalue weighted by atomic mass is 35.5. The summed E-state index contributed by atoms with van der Waals surface area (Å²) in [4.78, 5) is 12.9. The fourth-order valence-corrected chi connectivity index (χ4v) is 4.80. The number of amides is 1. The van der Waals surface area contributed by atoms with Crippen molar-refractivity contribution in [3.63, 3.8) is 0 Å². The zero-order chi connectivity index (χ0) is 26.6. The van der Waals surface area contributed by atoms with Gasteiger partial charge >= 0.3 is 12.8 Å². The molecule has 3 rings (SSSR count). The maximum absolute atomic E-state index is 13.2. The molecule has 200 valence electrons. The number of nitrogens with zero attached hydrogens (tertiary/aromatic N) is 2. The van der Waals surface area contributed by atoms with Crippen LogP contribution in [-0.4, -0.2) is 35.0 Å². The van der Waals surface area contributed by atoms with Crippen LogP contribution in [0.15, 0.2) is 18.2 Å². The van der Waals surface area contributed by atoms with Crippen LogP contribution in [0.2, 0.25) is 5.02 Å². The number of hydrogen-bond donors (Lipinski definition) is 1. The topological polar surface area (TPSA) is 56.2 Å². The van der Waals surface area contributed by atoms with Crippen molar-refractivity contribution < 1.29 is 31.5 Å². The van der Waals surface area contributed by atoms with Gasteiger partial charge in [0, 0.05) is 18.7 Å². The molecule has 1 N–H and O–H groups in total. The Morgan fingerprint density at radius 3 is 2.50 bits per heavy atom. The van der Waals surface area contributed by atoms with Crippen molar-refractivity contribution >= 4 is 17.5 Å². The predicted molar refractivity (Wildman–Crippen MR) is 127 cm³/mol. The van der Waals surface area contributed by atoms with Crippen molar-refractivity contribution in [1.82, 2.24) is 15.1 Å². The van der Waals surface area contributed by atoms with Crippen molar-refractivity contribution in [2.75, 3.05) is 6.54 Å². The van der Waals surface area contributed by atoms with E-state index >= 15 is 0 Å². The van der Waals surface area contributed by atoms with Gasteiger partial charge in [0.2, 0.25) is 0 Å². The fourth-order valence-electron chi connectivity index (χ4n) is 4.48. The van der Waals surface area contributed by atoms with E-state index in [-0.39, 0.29) is 39.8 Å². The third-order valence-corrected chi connectivity index (χ3v) is 7.07. The minimum absolute atomic E-state index is 0.0397. The molecule has 36 heavy (non-hydrogen) atoms. The van der Waals surface area contributed by atoms with Crippen LogP contribution >= 0.6 is 11.6 Å². The maximum Gasteiger partial charge on any atom is 0.391 e. The number of hydrogen-bond acceptors (Lipinski definition) is 3. The first-order chi connectivity index (χ1) is 16.9. The number of carbonyl (C=O) groups is 1. The number of carbonyl (C=O) groups excluding carboxylic acids is 1. The predicted octanol–water partition coefficient (Wildman–Crippen LogP) is 7.12. The standard InChI is InChI=1S/C25H31ClF5N3O2/c1-4-34-22(20(26)21(33-34)23(35)32-13-16-7-5-14(2)6-8-16)18-10-9-17(11-15(3)25(29,30)31)12-19(18)36-24(27)28/h9-10,12,14-16,24H,4-8,11,13H2,1-3H3,(H,32,35)/t14?,15-,16?/m0/s1. The van der Waals surface area contributed by atoms with Gasteiger partial charge in [0.1, 0.15) is 5.75 Å². The minimum atomic E-state index is -4.43. The second-order valence-corrected chi connectivity index (χ2v) is 9.90. The average molecular weight is 536 g/mol. The first-order valence-corrected chi connectivity index (χ1v) is 12.5. The second kappa shape index (κ2) is 11.8. The first kappa shape index (κ1) is 28.2. The van der Waals surface area contributed by atoms with E-state index in [4.69, 9.17) is 11.6 Å². The Bertz CT molecular complexity index is 1050. The summed E-state index contributed by atoms with van der Waals surface area (Å²) >= 11 is 6.53. The Hall–Kier alpha value is -2.36. The average Bonchev–Trinajstić information content (AvgIpc) is 3.14. The number of benzene rings is 1. The van der Waals surface area contributed by atoms with E-state index in [9.17, 15) is 26.7 Å². The summed E-state index contributed by atoms with van der Waals surface area (Å²) in [6, 6.07) is 3.93. The zero-order valence-corrected chi connectivity index (χ0v) is 21.2. The van der Waals surface area contributed by atoms with Gasteiger partial charge < -0.3 is 10.1 Å². The molecule has 0 spiro atoms. The Morgan fingerprint density at radius 2 is 1.92 bits per heavy atom. The van der Waals surface area contributed by atoms with Gasteiger partial charge in [-0.3, -0.25) is 9.48 Å². The molecule has 1 fully saturated rings. The molecular formula is C25H31ClF5N3O2. The lowest BCUT2D eigenvalue weighted by Gasteiger charge is -2.26. The van der Waals surface area contributed by atoms with Crippen molar-refractivity contribution in [3.05, 3.63) is 34.5 Å². The van der Waals surface area contributed by atoms with E-state index < -0.39 is 31.0 Å². The van der Waals surface area contributed by atoms with Crippen molar-refractivity contribution in [2.45, 2.75) is 72.2 Å². The number of nitrogens with one attached hydrogen (secondary N) is 1. The Labute approximate surface area is 212 Å². The van der Waals surface area contributed by atoms with Gasteiger partial charge in [-0.15, -0.1) is 0 Å². The molecule has 1 aromatic heterocycles. The molecule has 1 heterocycles. The molecule has 1 aliphatic rings. The molecule has 0 bridgehead atoms. The number of halogens is 6. The Kier molecular flexibility index (Phi) is 9.24. The molecule has 1 saturated carbocycles. The van der Waals surface area contributed by atoms with Gasteiger partial charge in [-0.25, -0.2) is 0 Å². The molecule has 0 saturated heterocycles. The van der Waals surface area contributed by atoms with E-state index in [0.717, 1.165) is 38.7 Å². The summed E-state index contributed by atoms with van der Waals surface area (Å²) in [5.41, 5.74) is 0.424. The highest BCUT2D eigenvalue weighted by Crippen LogP contribution is 2.39. The normalized spacial score (nSPS) is 19.4. The number of aryl methyl sites for hydroxylation is 1. The minimum Gasteiger partial charge on any atom is -0.434 e. The largest absolute Gasteiger partial charge is 0.434 e. The highest BCUT2D eigenvalue weighted by Gasteiger charge is 2.36. The summed E-state index contributed by atoms with van der Waals surface area (Å²) in [5.74, 6) is -1.43. The molecule has 0 unspecified atom stereocenters. The van der Waals surface area contributed by atoms with Gasteiger partial charge in [-0.1, -0.05) is 44.4 Å². The molecule has 1 aromatic carbocycles. The summed E-state index contributed by atoms with van der Waals surface area (Å²) in [5, 5.41) is 7.12. The molecular weight excluding hydrogens is 505 g/mol. The summed E-state index contributed by atoms with van der Waals surface area (Å²) in [6.07, 6.45) is -0.557. The quantitative estimate of drug-likeness (QED) is 0.348. The lowest BCUT2D eigenvalue weighted by molar-refractivity contribution is -0.169. The SMILES string of the molecule is CCn1nc(C(=O)NCC2CCC(C)CC2)c(Cl)c1-c1ccc(C[C@H](C)C(F)(F)F)cc1OC(F)F. The third kappa shape index (κ3) is 6.89. The van der Waals surface area contributed by atoms with E-state index in [0.29, 0.717) is 18.4 Å². The monoisotopic (exact) mass is 535 g/mol. The number of ether oxygens (including phenoxy) is 1. The molecule has 0 aliphatic heterocycles. The van der Waals surface area contributed by atoms with Crippen molar-refractivity contribution in [3.8, 4) is 17.0 Å². The van der Waals surface area contributed by atoms with Crippen LogP contribution in [0.3, 0.4) is 0 Å². The van der Waals surface area contributed by atoms with Gasteiger partial charge in [0.15, 0.2) is 5.69 Å². The van der Waals surface area contributed by atoms with Crippen molar-refractivity contribution in [1.29, 1.82) is 0 Å². The van der Waals surface area contributed by atoms with Crippen LogP contribution in [-0.2, 0) is 13.0 Å². The second-order valence-electron chi connectivity index (χ2n) is 9.52. The van der Waals surface area contributed by atoms with E-state index in [2.05, 4.69) is 22.1 Å². The molecule has 1 atom stereocenters. The van der Waals surface area contributed by atoms with Crippen LogP contribution < -0.4 is 10.1 Å². The fraction of sp³-hybridized carbons (Fsp3) is 0.600. The maximum atomic E-state index is 13.2. The van der Waals surface area contributed by atoms with Gasteiger partial charge in [-0.2, -0.15) is 27.1 Å². The smallest absolute Gasteiger partial charge is 0.391 e. The zero-order valence-electron chi connectivity index (χ0n) is 20.5. The van der Waals surface area contributed by atoms with E-state index in [1.807, 2.05) is 0 Å². The van der Waals surface area contributed by atoms with Gasteiger partial charge in [0.05, 0.1) is 16.6 Å². The number of aromatic nitrogens is 2. The van der Waals surface area contributed by atoms with Crippen LogP contribution in [0, 0.1) is 17.8 Å². The molecule has 1 aliphatic carbocycles. The molecule has 2 aromatic rings. The summed E-state index contributed by atoms with van der Waals surface area (Å²) in [6.45, 7) is 2.51. The highest BCUT2D eigenvalue weighted by molar-refractivity contribution is 6.36. The van der Waals surface area contributed by atoms with Crippen LogP contribution in [0.5, 0.6) is 5.75 Å². The molecule has 5 nitrogen and oxygen atoms in total. The number of alkyl halides is 5. The lowest BCUT2D eigenvalue weighted by Crippen LogP contribution is -2.31. The number of rotatable bonds is 9. The van der Waals surface area contributed by atoms with Gasteiger partial charge in [0.25, 0.3) is 5.91 Å². The Morgan fingerprint density at radius 1 is 1.25 bits per heavy atom. The van der Waals surface area contributed by atoms with Gasteiger partial charge in [-0.05, 0) is 55.7 Å². The molecule has 11 heteroatoms. The van der Waals surface area contributed by atoms with Crippen LogP contribution in [0.4, 0.5) is 22.0 Å².